The first kappa shape index (κ1) is 33.8. The molecule has 41 heavy (non-hydrogen) atoms. The van der Waals surface area contributed by atoms with Gasteiger partial charge in [-0.15, -0.1) is 0 Å². The van der Waals surface area contributed by atoms with Gasteiger partial charge in [0.2, 0.25) is 0 Å². The molecule has 0 saturated carbocycles. The smallest absolute Gasteiger partial charge is 0.342 e. The summed E-state index contributed by atoms with van der Waals surface area (Å²) in [5.41, 5.74) is 0.405. The van der Waals surface area contributed by atoms with Crippen molar-refractivity contribution in [3.63, 3.8) is 0 Å². The second kappa shape index (κ2) is 15.2. The van der Waals surface area contributed by atoms with Gasteiger partial charge in [0.15, 0.2) is 19.4 Å². The van der Waals surface area contributed by atoms with E-state index in [2.05, 4.69) is 39.3 Å². The second-order valence-electron chi connectivity index (χ2n) is 13.3. The molecule has 230 valence electrons. The first-order chi connectivity index (χ1) is 19.2. The minimum atomic E-state index is -1.29. The average Bonchev–Trinajstić information content (AvgIpc) is 3.58. The van der Waals surface area contributed by atoms with Crippen molar-refractivity contribution in [2.45, 2.75) is 102 Å². The summed E-state index contributed by atoms with van der Waals surface area (Å²) in [5.74, 6) is -0.352. The number of esters is 1. The van der Waals surface area contributed by atoms with Crippen LogP contribution in [-0.2, 0) is 30.2 Å². The third-order valence-electron chi connectivity index (χ3n) is 6.92. The Kier molecular flexibility index (Phi) is 12.5. The summed E-state index contributed by atoms with van der Waals surface area (Å²) in [4.78, 5) is 26.6. The molecule has 0 aromatic heterocycles. The van der Waals surface area contributed by atoms with E-state index in [4.69, 9.17) is 40.0 Å². The number of carbonyl (C=O) groups is 2. The number of hydrogen-bond donors (Lipinski definition) is 0. The molecule has 2 aliphatic heterocycles. The molecule has 3 rings (SSSR count). The zero-order chi connectivity index (χ0) is 30.2. The fourth-order valence-corrected chi connectivity index (χ4v) is 6.10. The van der Waals surface area contributed by atoms with Gasteiger partial charge in [0.1, 0.15) is 23.2 Å². The van der Waals surface area contributed by atoms with Crippen LogP contribution in [-0.4, -0.2) is 73.0 Å². The van der Waals surface area contributed by atoms with E-state index < -0.39 is 28.2 Å². The molecule has 1 saturated heterocycles. The number of cyclic esters (lactones) is 1. The summed E-state index contributed by atoms with van der Waals surface area (Å²) in [6.45, 7) is 16.5. The van der Waals surface area contributed by atoms with Crippen molar-refractivity contribution in [1.82, 2.24) is 0 Å². The van der Waals surface area contributed by atoms with Crippen LogP contribution < -0.4 is 9.47 Å². The van der Waals surface area contributed by atoms with Crippen LogP contribution >= 0.6 is 11.6 Å². The van der Waals surface area contributed by atoms with Gasteiger partial charge in [-0.2, -0.15) is 0 Å². The molecule has 0 unspecified atom stereocenters. The van der Waals surface area contributed by atoms with E-state index in [1.807, 2.05) is 13.0 Å². The lowest BCUT2D eigenvalue weighted by molar-refractivity contribution is -0.114. The maximum absolute atomic E-state index is 13.6. The van der Waals surface area contributed by atoms with E-state index in [1.54, 1.807) is 6.07 Å². The Morgan fingerprint density at radius 2 is 1.54 bits per heavy atom. The van der Waals surface area contributed by atoms with Crippen molar-refractivity contribution in [3.8, 4) is 11.5 Å². The Bertz CT molecular complexity index is 1080. The fourth-order valence-electron chi connectivity index (χ4n) is 4.32. The van der Waals surface area contributed by atoms with E-state index >= 15 is 0 Å². The Morgan fingerprint density at radius 1 is 0.927 bits per heavy atom. The monoisotopic (exact) mass is 626 g/mol. The number of halogens is 1. The standard InChI is InChI=1S/C30H47ClO8Si2/c1-21-16-25-24(39-25)11-9-8-10-22(32)17-23-28(30(33)38-21)26(36-19-34-12-14-40(2,3)4)18-27(29(23)31)37-20-35-13-15-41(5,6)7/h8,10,18,21,24-25H,9,11-17,19-20H2,1-7H3/b10-8-/t21-,24-,25-/m1/s1. The Morgan fingerprint density at radius 3 is 2.15 bits per heavy atom. The predicted octanol–water partition coefficient (Wildman–Crippen LogP) is 6.89. The van der Waals surface area contributed by atoms with Gasteiger partial charge in [0.25, 0.3) is 0 Å². The summed E-state index contributed by atoms with van der Waals surface area (Å²) in [6.07, 6.45) is 5.17. The number of epoxide rings is 1. The van der Waals surface area contributed by atoms with Crippen LogP contribution in [0.25, 0.3) is 0 Å². The molecule has 0 radical (unpaired) electrons. The number of hydrogen-bond acceptors (Lipinski definition) is 8. The number of ketones is 1. The molecule has 2 aliphatic rings. The largest absolute Gasteiger partial charge is 0.466 e. The molecule has 0 aliphatic carbocycles. The van der Waals surface area contributed by atoms with Crippen LogP contribution in [0, 0.1) is 0 Å². The predicted molar refractivity (Wildman–Crippen MR) is 166 cm³/mol. The number of benzene rings is 1. The minimum Gasteiger partial charge on any atom is -0.466 e. The van der Waals surface area contributed by atoms with Crippen molar-refractivity contribution < 1.29 is 38.0 Å². The Hall–Kier alpha value is -1.70. The summed E-state index contributed by atoms with van der Waals surface area (Å²) in [6, 6.07) is 3.53. The third kappa shape index (κ3) is 11.8. The van der Waals surface area contributed by atoms with Gasteiger partial charge in [-0.05, 0) is 37.9 Å². The molecule has 0 bridgehead atoms. The number of ether oxygens (including phenoxy) is 6. The highest BCUT2D eigenvalue weighted by molar-refractivity contribution is 6.76. The van der Waals surface area contributed by atoms with E-state index in [-0.39, 0.29) is 60.1 Å². The highest BCUT2D eigenvalue weighted by Gasteiger charge is 2.40. The molecule has 0 spiro atoms. The molecule has 1 fully saturated rings. The molecule has 1 aromatic rings. The summed E-state index contributed by atoms with van der Waals surface area (Å²) < 4.78 is 34.9. The molecule has 0 N–H and O–H groups in total. The molecule has 0 amide bonds. The normalized spacial score (nSPS) is 22.7. The number of rotatable bonds is 12. The Balaban J connectivity index is 1.89. The lowest BCUT2D eigenvalue weighted by atomic mass is 9.99. The van der Waals surface area contributed by atoms with Crippen molar-refractivity contribution in [3.05, 3.63) is 34.4 Å². The quantitative estimate of drug-likeness (QED) is 0.0814. The van der Waals surface area contributed by atoms with Crippen molar-refractivity contribution in [1.29, 1.82) is 0 Å². The molecule has 2 heterocycles. The van der Waals surface area contributed by atoms with E-state index in [0.29, 0.717) is 25.2 Å². The maximum atomic E-state index is 13.6. The van der Waals surface area contributed by atoms with Gasteiger partial charge >= 0.3 is 5.97 Å². The van der Waals surface area contributed by atoms with Gasteiger partial charge in [-0.25, -0.2) is 4.79 Å². The minimum absolute atomic E-state index is 0.0208. The van der Waals surface area contributed by atoms with E-state index in [9.17, 15) is 9.59 Å². The number of fused-ring (bicyclic) bond motifs is 2. The topological polar surface area (TPSA) is 92.8 Å². The van der Waals surface area contributed by atoms with Crippen LogP contribution in [0.2, 0.25) is 56.4 Å². The zero-order valence-electron chi connectivity index (χ0n) is 25.7. The highest BCUT2D eigenvalue weighted by atomic mass is 35.5. The van der Waals surface area contributed by atoms with Crippen molar-refractivity contribution in [2.24, 2.45) is 0 Å². The lowest BCUT2D eigenvalue weighted by Gasteiger charge is -2.21. The first-order valence-electron chi connectivity index (χ1n) is 14.6. The zero-order valence-corrected chi connectivity index (χ0v) is 28.4. The number of carbonyl (C=O) groups excluding carboxylic acids is 2. The van der Waals surface area contributed by atoms with Gasteiger partial charge in [-0.3, -0.25) is 4.79 Å². The molecule has 8 nitrogen and oxygen atoms in total. The second-order valence-corrected chi connectivity index (χ2v) is 24.9. The van der Waals surface area contributed by atoms with Crippen LogP contribution in [0.5, 0.6) is 11.5 Å². The first-order valence-corrected chi connectivity index (χ1v) is 22.3. The summed E-state index contributed by atoms with van der Waals surface area (Å²) in [7, 11) is -2.54. The molecule has 11 heteroatoms. The van der Waals surface area contributed by atoms with Gasteiger partial charge in [0.05, 0.1) is 17.2 Å². The molecule has 1 aromatic carbocycles. The number of allylic oxidation sites excluding steroid dienone is 2. The lowest BCUT2D eigenvalue weighted by Crippen LogP contribution is -2.23. The van der Waals surface area contributed by atoms with Gasteiger partial charge in [0, 0.05) is 53.8 Å². The Labute approximate surface area is 252 Å². The van der Waals surface area contributed by atoms with Crippen molar-refractivity contribution >= 4 is 39.5 Å². The molecular weight excluding hydrogens is 580 g/mol. The van der Waals surface area contributed by atoms with E-state index in [1.165, 1.54) is 6.08 Å². The van der Waals surface area contributed by atoms with E-state index in [0.717, 1.165) is 24.9 Å². The van der Waals surface area contributed by atoms with Crippen LogP contribution in [0.4, 0.5) is 0 Å². The highest BCUT2D eigenvalue weighted by Crippen LogP contribution is 2.39. The van der Waals surface area contributed by atoms with Crippen molar-refractivity contribution in [2.75, 3.05) is 26.8 Å². The summed E-state index contributed by atoms with van der Waals surface area (Å²) >= 11 is 6.81. The summed E-state index contributed by atoms with van der Waals surface area (Å²) in [5, 5.41) is 0.157. The average molecular weight is 627 g/mol. The molecule has 3 atom stereocenters. The molecular formula is C30H47ClO8Si2. The SMILES string of the molecule is C[C@@H]1C[C@H]2O[C@@H]2CC/C=C\C(=O)Cc2c(Cl)c(OCOCC[Si](C)(C)C)cc(OCOCC[Si](C)(C)C)c2C(=O)O1. The van der Waals surface area contributed by atoms with Crippen LogP contribution in [0.15, 0.2) is 18.2 Å². The van der Waals surface area contributed by atoms with Crippen LogP contribution in [0.1, 0.15) is 42.1 Å². The fraction of sp³-hybridized carbons (Fsp3) is 0.667. The van der Waals surface area contributed by atoms with Gasteiger partial charge in [-0.1, -0.05) is 57.0 Å². The third-order valence-corrected chi connectivity index (χ3v) is 10.7. The van der Waals surface area contributed by atoms with Gasteiger partial charge < -0.3 is 28.4 Å². The van der Waals surface area contributed by atoms with Crippen LogP contribution in [0.3, 0.4) is 0 Å². The maximum Gasteiger partial charge on any atom is 0.342 e.